The summed E-state index contributed by atoms with van der Waals surface area (Å²) in [6, 6.07) is 3.79. The summed E-state index contributed by atoms with van der Waals surface area (Å²) in [7, 11) is -2.64. The Labute approximate surface area is 102 Å². The maximum atomic E-state index is 12.1. The van der Waals surface area contributed by atoms with Gasteiger partial charge in [-0.3, -0.25) is 0 Å². The monoisotopic (exact) mass is 286 g/mol. The number of alkyl halides is 3. The van der Waals surface area contributed by atoms with Gasteiger partial charge in [0.05, 0.1) is 5.02 Å². The molecule has 17 heavy (non-hydrogen) atoms. The lowest BCUT2D eigenvalue weighted by Gasteiger charge is -2.15. The lowest BCUT2D eigenvalue weighted by Crippen LogP contribution is -2.18. The molecule has 0 amide bonds. The predicted octanol–water partition coefficient (Wildman–Crippen LogP) is 3.88. The Morgan fingerprint density at radius 2 is 2.00 bits per heavy atom. The maximum absolute atomic E-state index is 12.1. The van der Waals surface area contributed by atoms with Gasteiger partial charge in [-0.15, -0.1) is 13.2 Å². The summed E-state index contributed by atoms with van der Waals surface area (Å²) in [5, 5.41) is 0.158. The lowest BCUT2D eigenvalue weighted by molar-refractivity contribution is -0.274. The summed E-state index contributed by atoms with van der Waals surface area (Å²) < 4.78 is 52.0. The molecule has 2 nitrogen and oxygen atoms in total. The summed E-state index contributed by atoms with van der Waals surface area (Å²) in [5.74, 6) is -0.521. The predicted molar refractivity (Wildman–Crippen MR) is 61.8 cm³/mol. The van der Waals surface area contributed by atoms with Gasteiger partial charge in [-0.25, -0.2) is 0 Å². The van der Waals surface area contributed by atoms with Gasteiger partial charge in [0, 0.05) is 11.5 Å². The van der Waals surface area contributed by atoms with Crippen molar-refractivity contribution in [2.75, 3.05) is 12.8 Å². The van der Waals surface area contributed by atoms with Gasteiger partial charge in [-0.05, 0) is 24.9 Å². The molecule has 1 rings (SSSR count). The molecule has 0 radical (unpaired) electrons. The summed E-state index contributed by atoms with van der Waals surface area (Å²) in [6.07, 6.45) is -4.45. The van der Waals surface area contributed by atoms with E-state index in [1.165, 1.54) is 18.8 Å². The van der Waals surface area contributed by atoms with Crippen molar-refractivity contribution in [1.82, 2.24) is 0 Å². The minimum Gasteiger partial charge on any atom is -0.404 e. The van der Waals surface area contributed by atoms with Gasteiger partial charge >= 0.3 is 6.36 Å². The van der Waals surface area contributed by atoms with Crippen LogP contribution in [0.1, 0.15) is 6.92 Å². The number of rotatable bonds is 3. The second-order valence-electron chi connectivity index (χ2n) is 3.58. The first-order valence-corrected chi connectivity index (χ1v) is 7.50. The molecule has 96 valence electrons. The van der Waals surface area contributed by atoms with E-state index >= 15 is 0 Å². The van der Waals surface area contributed by atoms with Crippen molar-refractivity contribution in [3.05, 3.63) is 23.2 Å². The molecular formula is C10H11ClF3O2P. The van der Waals surface area contributed by atoms with Crippen molar-refractivity contribution < 1.29 is 22.5 Å². The minimum absolute atomic E-state index is 0.165. The number of benzene rings is 1. The van der Waals surface area contributed by atoms with Crippen LogP contribution >= 0.6 is 18.7 Å². The molecule has 7 heteroatoms. The average molecular weight is 287 g/mol. The Balaban J connectivity index is 3.16. The van der Waals surface area contributed by atoms with E-state index in [2.05, 4.69) is 4.74 Å². The van der Waals surface area contributed by atoms with E-state index in [0.29, 0.717) is 11.5 Å². The molecule has 0 aliphatic carbocycles. The number of halogens is 4. The van der Waals surface area contributed by atoms with Crippen LogP contribution in [0, 0.1) is 0 Å². The SMILES string of the molecule is CC[P@@](C)(=O)c1ccc(Cl)c(OC(F)(F)F)c1. The first kappa shape index (κ1) is 14.4. The molecule has 0 heterocycles. The molecule has 0 saturated heterocycles. The molecular weight excluding hydrogens is 276 g/mol. The Bertz CT molecular complexity index is 459. The summed E-state index contributed by atoms with van der Waals surface area (Å²) in [4.78, 5) is 0. The van der Waals surface area contributed by atoms with E-state index in [9.17, 15) is 17.7 Å². The van der Waals surface area contributed by atoms with Gasteiger partial charge in [0.1, 0.15) is 12.9 Å². The fourth-order valence-corrected chi connectivity index (χ4v) is 2.47. The topological polar surface area (TPSA) is 26.3 Å². The van der Waals surface area contributed by atoms with Crippen molar-refractivity contribution in [2.45, 2.75) is 13.3 Å². The van der Waals surface area contributed by atoms with E-state index in [1.807, 2.05) is 0 Å². The zero-order chi connectivity index (χ0) is 13.3. The van der Waals surface area contributed by atoms with Gasteiger partial charge in [0.15, 0.2) is 0 Å². The third-order valence-corrected chi connectivity index (χ3v) is 5.18. The maximum Gasteiger partial charge on any atom is 0.573 e. The number of hydrogen-bond donors (Lipinski definition) is 0. The first-order valence-electron chi connectivity index (χ1n) is 4.78. The van der Waals surface area contributed by atoms with Crippen LogP contribution in [0.4, 0.5) is 13.2 Å². The average Bonchev–Trinajstić information content (AvgIpc) is 2.19. The van der Waals surface area contributed by atoms with E-state index in [-0.39, 0.29) is 5.02 Å². The molecule has 0 aromatic heterocycles. The normalized spacial score (nSPS) is 15.4. The first-order chi connectivity index (χ1) is 7.65. The zero-order valence-electron chi connectivity index (χ0n) is 9.21. The highest BCUT2D eigenvalue weighted by Gasteiger charge is 2.32. The Morgan fingerprint density at radius 1 is 1.41 bits per heavy atom. The van der Waals surface area contributed by atoms with Crippen molar-refractivity contribution in [3.8, 4) is 5.75 Å². The fraction of sp³-hybridized carbons (Fsp3) is 0.400. The van der Waals surface area contributed by atoms with Crippen molar-refractivity contribution in [2.24, 2.45) is 0 Å². The van der Waals surface area contributed by atoms with Crippen molar-refractivity contribution >= 4 is 24.0 Å². The summed E-state index contributed by atoms with van der Waals surface area (Å²) >= 11 is 5.58. The van der Waals surface area contributed by atoms with E-state index in [1.54, 1.807) is 6.92 Å². The Morgan fingerprint density at radius 3 is 2.47 bits per heavy atom. The molecule has 0 aliphatic rings. The smallest absolute Gasteiger partial charge is 0.404 e. The van der Waals surface area contributed by atoms with Crippen LogP contribution in [0.5, 0.6) is 5.75 Å². The van der Waals surface area contributed by atoms with Crippen LogP contribution in [0.25, 0.3) is 0 Å². The van der Waals surface area contributed by atoms with Crippen LogP contribution in [0.15, 0.2) is 18.2 Å². The third kappa shape index (κ3) is 3.93. The molecule has 0 saturated carbocycles. The Kier molecular flexibility index (Phi) is 4.15. The van der Waals surface area contributed by atoms with Gasteiger partial charge in [-0.2, -0.15) is 0 Å². The Hall–Kier alpha value is -0.670. The molecule has 1 atom stereocenters. The zero-order valence-corrected chi connectivity index (χ0v) is 10.9. The second-order valence-corrected chi connectivity index (χ2v) is 7.34. The standard InChI is InChI=1S/C10H11ClF3O2P/c1-3-17(2,15)7-4-5-8(11)9(6-7)16-10(12,13)14/h4-6H,3H2,1-2H3/t17-/m1/s1. The van der Waals surface area contributed by atoms with Crippen LogP contribution in [-0.4, -0.2) is 19.2 Å². The highest BCUT2D eigenvalue weighted by Crippen LogP contribution is 2.41. The van der Waals surface area contributed by atoms with Gasteiger partial charge in [0.2, 0.25) is 0 Å². The van der Waals surface area contributed by atoms with E-state index in [0.717, 1.165) is 6.07 Å². The lowest BCUT2D eigenvalue weighted by atomic mass is 10.3. The minimum atomic E-state index is -4.81. The van der Waals surface area contributed by atoms with Gasteiger partial charge in [0.25, 0.3) is 0 Å². The fourth-order valence-electron chi connectivity index (χ4n) is 1.17. The molecule has 0 unspecified atom stereocenters. The summed E-state index contributed by atoms with van der Waals surface area (Å²) in [5.41, 5.74) is 0. The molecule has 0 spiro atoms. The quantitative estimate of drug-likeness (QED) is 0.788. The van der Waals surface area contributed by atoms with Gasteiger partial charge < -0.3 is 9.30 Å². The largest absolute Gasteiger partial charge is 0.573 e. The van der Waals surface area contributed by atoms with Crippen LogP contribution in [0.2, 0.25) is 5.02 Å². The molecule has 0 N–H and O–H groups in total. The van der Waals surface area contributed by atoms with Crippen LogP contribution < -0.4 is 10.0 Å². The van der Waals surface area contributed by atoms with Crippen molar-refractivity contribution in [3.63, 3.8) is 0 Å². The van der Waals surface area contributed by atoms with E-state index in [4.69, 9.17) is 11.6 Å². The van der Waals surface area contributed by atoms with Crippen molar-refractivity contribution in [1.29, 1.82) is 0 Å². The molecule has 1 aromatic carbocycles. The third-order valence-electron chi connectivity index (χ3n) is 2.29. The van der Waals surface area contributed by atoms with Crippen LogP contribution in [-0.2, 0) is 4.57 Å². The highest BCUT2D eigenvalue weighted by atomic mass is 35.5. The van der Waals surface area contributed by atoms with Gasteiger partial charge in [-0.1, -0.05) is 18.5 Å². The molecule has 0 aliphatic heterocycles. The second kappa shape index (κ2) is 4.91. The summed E-state index contributed by atoms with van der Waals surface area (Å²) in [6.45, 7) is 3.22. The van der Waals surface area contributed by atoms with Crippen LogP contribution in [0.3, 0.4) is 0 Å². The van der Waals surface area contributed by atoms with E-state index < -0.39 is 19.3 Å². The molecule has 1 aromatic rings. The molecule has 0 bridgehead atoms. The number of ether oxygens (including phenoxy) is 1. The molecule has 0 fully saturated rings. The number of hydrogen-bond acceptors (Lipinski definition) is 2. The highest BCUT2D eigenvalue weighted by molar-refractivity contribution is 7.70.